The average molecular weight is 752 g/mol. The average Bonchev–Trinajstić information content (AvgIpc) is 3.77. The van der Waals surface area contributed by atoms with Crippen LogP contribution in [-0.2, 0) is 39.8 Å². The number of carbonyl (C=O) groups excluding carboxylic acids is 4. The predicted molar refractivity (Wildman–Crippen MR) is 194 cm³/mol. The first-order valence-electron chi connectivity index (χ1n) is 17.0. The topological polar surface area (TPSA) is 156 Å². The van der Waals surface area contributed by atoms with E-state index in [1.165, 1.54) is 31.1 Å². The van der Waals surface area contributed by atoms with Crippen molar-refractivity contribution in [1.29, 1.82) is 0 Å². The van der Waals surface area contributed by atoms with E-state index in [1.54, 1.807) is 52.1 Å². The third-order valence-corrected chi connectivity index (χ3v) is 10.7. The molecule has 2 fully saturated rings. The zero-order chi connectivity index (χ0) is 37.8. The number of aliphatic hydroxyl groups is 1. The van der Waals surface area contributed by atoms with Crippen LogP contribution in [0.2, 0.25) is 5.02 Å². The number of amides is 3. The maximum atomic E-state index is 14.1. The molecule has 0 radical (unpaired) electrons. The van der Waals surface area contributed by atoms with Crippen LogP contribution in [-0.4, -0.2) is 110 Å². The Hall–Kier alpha value is -3.30. The second kappa shape index (κ2) is 16.6. The fourth-order valence-electron chi connectivity index (χ4n) is 6.87. The Labute approximate surface area is 310 Å². The highest BCUT2D eigenvalue weighted by Crippen LogP contribution is 2.49. The molecule has 3 aliphatic heterocycles. The number of hydrogen-bond donors (Lipinski definition) is 3. The Morgan fingerprint density at radius 3 is 2.61 bits per heavy atom. The summed E-state index contributed by atoms with van der Waals surface area (Å²) in [5, 5.41) is 14.5. The number of hydrogen-bond acceptors (Lipinski definition) is 11. The minimum absolute atomic E-state index is 0.0480. The summed E-state index contributed by atoms with van der Waals surface area (Å²) in [4.78, 5) is 56.2. The lowest BCUT2D eigenvalue weighted by atomic mass is 9.83. The number of benzene rings is 1. The number of epoxide rings is 1. The van der Waals surface area contributed by atoms with E-state index < -0.39 is 65.7 Å². The van der Waals surface area contributed by atoms with Gasteiger partial charge in [-0.15, -0.1) is 0 Å². The number of halogens is 1. The summed E-state index contributed by atoms with van der Waals surface area (Å²) in [6, 6.07) is 2.66. The number of fused-ring (bicyclic) bond motifs is 5. The fraction of sp³-hybridized carbons (Fsp3) is 0.611. The third-order valence-electron chi connectivity index (χ3n) is 10.1. The molecule has 282 valence electrons. The van der Waals surface area contributed by atoms with Crippen LogP contribution in [0.15, 0.2) is 35.9 Å². The van der Waals surface area contributed by atoms with Crippen LogP contribution in [0.3, 0.4) is 0 Å². The SMILES string of the molecule is CC[C@@H](C(=O)O[C@H]1CC(=O)N(C)c2cc(cc(OC)c2Cl)C/C(C)=C/C=C/[C@@H](OC)[C@@]2(O)C[C@H](OC(=O)N2)[C@@H](C)[C@@H]2O[C@@]12C)N(C)C(=O)CCS. The first-order valence-corrected chi connectivity index (χ1v) is 18.0. The maximum absolute atomic E-state index is 14.1. The summed E-state index contributed by atoms with van der Waals surface area (Å²) in [6.07, 6.45) is 1.37. The molecule has 8 atom stereocenters. The number of allylic oxidation sites excluding steroid dienone is 3. The standard InChI is InChI=1S/C36H50ClN3O10S/c1-9-23(39(5)29(41)13-14-51)33(43)49-28-18-30(42)40(6)24-16-22(17-25(46-7)31(24)37)15-20(2)11-10-12-27(47-8)36(45)19-26(48-34(44)38-36)21(3)32-35(28,4)50-32/h10-12,16-17,21,23,26-28,32,45,51H,9,13-15,18-19H2,1-8H3,(H,38,44)/b12-10+,20-11+/t21-,23+,26+,27-,28+,32+,35+,36+/m1/s1. The summed E-state index contributed by atoms with van der Waals surface area (Å²) >= 11 is 10.9. The number of rotatable bonds is 8. The van der Waals surface area contributed by atoms with E-state index >= 15 is 0 Å². The van der Waals surface area contributed by atoms with Crippen molar-refractivity contribution in [2.75, 3.05) is 39.0 Å². The molecule has 3 heterocycles. The highest BCUT2D eigenvalue weighted by atomic mass is 35.5. The van der Waals surface area contributed by atoms with E-state index in [1.807, 2.05) is 13.0 Å². The first-order chi connectivity index (χ1) is 24.0. The van der Waals surface area contributed by atoms with Crippen LogP contribution < -0.4 is 15.0 Å². The highest BCUT2D eigenvalue weighted by Gasteiger charge is 2.64. The largest absolute Gasteiger partial charge is 0.495 e. The van der Waals surface area contributed by atoms with Gasteiger partial charge < -0.3 is 38.6 Å². The van der Waals surface area contributed by atoms with Crippen molar-refractivity contribution in [1.82, 2.24) is 10.2 Å². The van der Waals surface area contributed by atoms with Crippen molar-refractivity contribution in [3.05, 3.63) is 46.5 Å². The van der Waals surface area contributed by atoms with Gasteiger partial charge in [0.1, 0.15) is 40.7 Å². The Balaban J connectivity index is 1.79. The molecule has 0 spiro atoms. The van der Waals surface area contributed by atoms with Crippen LogP contribution >= 0.6 is 24.2 Å². The van der Waals surface area contributed by atoms with Crippen LogP contribution in [0, 0.1) is 5.92 Å². The zero-order valence-electron chi connectivity index (χ0n) is 30.4. The highest BCUT2D eigenvalue weighted by molar-refractivity contribution is 7.80. The second-order valence-electron chi connectivity index (χ2n) is 13.6. The maximum Gasteiger partial charge on any atom is 0.409 e. The van der Waals surface area contributed by atoms with Gasteiger partial charge in [-0.1, -0.05) is 49.2 Å². The van der Waals surface area contributed by atoms with E-state index in [2.05, 4.69) is 17.9 Å². The van der Waals surface area contributed by atoms with Gasteiger partial charge in [-0.25, -0.2) is 9.59 Å². The number of carbonyl (C=O) groups is 4. The quantitative estimate of drug-likeness (QED) is 0.200. The van der Waals surface area contributed by atoms with Crippen molar-refractivity contribution in [3.8, 4) is 5.75 Å². The summed E-state index contributed by atoms with van der Waals surface area (Å²) in [7, 11) is 6.03. The molecule has 3 amide bonds. The van der Waals surface area contributed by atoms with Gasteiger partial charge in [-0.05, 0) is 50.1 Å². The number of nitrogens with zero attached hydrogens (tertiary/aromatic N) is 2. The number of anilines is 1. The van der Waals surface area contributed by atoms with Gasteiger partial charge in [0.15, 0.2) is 5.72 Å². The van der Waals surface area contributed by atoms with E-state index in [0.717, 1.165) is 11.1 Å². The van der Waals surface area contributed by atoms with Gasteiger partial charge >= 0.3 is 12.1 Å². The van der Waals surface area contributed by atoms with Gasteiger partial charge in [-0.2, -0.15) is 12.6 Å². The number of ether oxygens (including phenoxy) is 5. The van der Waals surface area contributed by atoms with Crippen molar-refractivity contribution >= 4 is 53.8 Å². The lowest BCUT2D eigenvalue weighted by molar-refractivity contribution is -0.162. The molecular weight excluding hydrogens is 702 g/mol. The van der Waals surface area contributed by atoms with Gasteiger partial charge in [0, 0.05) is 40.0 Å². The van der Waals surface area contributed by atoms with Crippen molar-refractivity contribution in [3.63, 3.8) is 0 Å². The molecule has 15 heteroatoms. The number of nitrogens with one attached hydrogen (secondary N) is 1. The van der Waals surface area contributed by atoms with Gasteiger partial charge in [-0.3, -0.25) is 14.9 Å². The Kier molecular flexibility index (Phi) is 13.2. The number of esters is 1. The molecule has 0 aliphatic carbocycles. The molecule has 1 aromatic carbocycles. The molecule has 4 rings (SSSR count). The zero-order valence-corrected chi connectivity index (χ0v) is 32.1. The lowest BCUT2D eigenvalue weighted by Crippen LogP contribution is -2.63. The van der Waals surface area contributed by atoms with Crippen LogP contribution in [0.25, 0.3) is 0 Å². The number of methoxy groups -OCH3 is 2. The molecule has 2 saturated heterocycles. The second-order valence-corrected chi connectivity index (χ2v) is 14.5. The Morgan fingerprint density at radius 2 is 1.98 bits per heavy atom. The summed E-state index contributed by atoms with van der Waals surface area (Å²) < 4.78 is 29.2. The summed E-state index contributed by atoms with van der Waals surface area (Å²) in [6.45, 7) is 7.20. The Morgan fingerprint density at radius 1 is 1.27 bits per heavy atom. The summed E-state index contributed by atoms with van der Waals surface area (Å²) in [5.74, 6) is -1.24. The normalized spacial score (nSPS) is 31.9. The molecular formula is C36H50ClN3O10S. The van der Waals surface area contributed by atoms with Crippen LogP contribution in [0.1, 0.15) is 58.9 Å². The van der Waals surface area contributed by atoms with Crippen molar-refractivity contribution in [2.45, 2.75) is 102 Å². The molecule has 0 unspecified atom stereocenters. The Bertz CT molecular complexity index is 1560. The summed E-state index contributed by atoms with van der Waals surface area (Å²) in [5.41, 5.74) is -0.900. The van der Waals surface area contributed by atoms with E-state index in [0.29, 0.717) is 23.6 Å². The number of thiol groups is 1. The smallest absolute Gasteiger partial charge is 0.409 e. The molecule has 0 aromatic heterocycles. The molecule has 13 nitrogen and oxygen atoms in total. The number of likely N-dealkylation sites (N-methyl/N-ethyl adjacent to an activating group) is 1. The molecule has 2 N–H and O–H groups in total. The molecule has 3 aliphatic rings. The third kappa shape index (κ3) is 8.85. The van der Waals surface area contributed by atoms with Crippen LogP contribution in [0.5, 0.6) is 5.75 Å². The minimum Gasteiger partial charge on any atom is -0.495 e. The van der Waals surface area contributed by atoms with E-state index in [9.17, 15) is 24.3 Å². The van der Waals surface area contributed by atoms with E-state index in [-0.39, 0.29) is 36.6 Å². The van der Waals surface area contributed by atoms with Crippen molar-refractivity contribution in [2.24, 2.45) is 5.92 Å². The van der Waals surface area contributed by atoms with Crippen molar-refractivity contribution < 1.29 is 48.0 Å². The van der Waals surface area contributed by atoms with Gasteiger partial charge in [0.05, 0.1) is 25.3 Å². The first kappa shape index (κ1) is 40.5. The molecule has 0 saturated carbocycles. The number of alkyl carbamates (subject to hydrolysis) is 1. The lowest BCUT2D eigenvalue weighted by Gasteiger charge is -2.42. The van der Waals surface area contributed by atoms with Gasteiger partial charge in [0.2, 0.25) is 11.8 Å². The predicted octanol–water partition coefficient (Wildman–Crippen LogP) is 4.22. The fourth-order valence-corrected chi connectivity index (χ4v) is 7.37. The molecule has 4 bridgehead atoms. The monoisotopic (exact) mass is 751 g/mol. The minimum atomic E-state index is -1.82. The van der Waals surface area contributed by atoms with Crippen LogP contribution in [0.4, 0.5) is 10.5 Å². The van der Waals surface area contributed by atoms with E-state index in [4.69, 9.17) is 35.3 Å². The van der Waals surface area contributed by atoms with Gasteiger partial charge in [0.25, 0.3) is 0 Å². The molecule has 1 aromatic rings. The molecule has 51 heavy (non-hydrogen) atoms.